The summed E-state index contributed by atoms with van der Waals surface area (Å²) in [7, 11) is 0. The number of aryl methyl sites for hydroxylation is 2. The van der Waals surface area contributed by atoms with E-state index in [0.29, 0.717) is 0 Å². The largest absolute Gasteiger partial charge is 0.340 e. The van der Waals surface area contributed by atoms with E-state index in [1.165, 1.54) is 35.1 Å². The summed E-state index contributed by atoms with van der Waals surface area (Å²) in [5.74, 6) is 0.945. The molecule has 0 saturated carbocycles. The molecule has 20 heavy (non-hydrogen) atoms. The van der Waals surface area contributed by atoms with Gasteiger partial charge in [0.05, 0.1) is 5.39 Å². The third kappa shape index (κ3) is 1.96. The monoisotopic (exact) mass is 281 g/mol. The van der Waals surface area contributed by atoms with Gasteiger partial charge in [-0.1, -0.05) is 18.2 Å². The maximum absolute atomic E-state index is 4.47. The predicted octanol–water partition coefficient (Wildman–Crippen LogP) is 4.31. The number of nitrogens with one attached hydrogen (secondary N) is 1. The van der Waals surface area contributed by atoms with Crippen LogP contribution in [0.3, 0.4) is 0 Å². The molecule has 0 atom stereocenters. The summed E-state index contributed by atoms with van der Waals surface area (Å²) < 4.78 is 0. The Bertz CT molecular complexity index is 749. The second kappa shape index (κ2) is 4.87. The van der Waals surface area contributed by atoms with Crippen molar-refractivity contribution in [2.24, 2.45) is 0 Å². The van der Waals surface area contributed by atoms with Crippen LogP contribution in [0, 0.1) is 0 Å². The molecule has 0 amide bonds. The van der Waals surface area contributed by atoms with Crippen LogP contribution in [-0.4, -0.2) is 9.97 Å². The van der Waals surface area contributed by atoms with Gasteiger partial charge in [0.15, 0.2) is 0 Å². The zero-order valence-electron chi connectivity index (χ0n) is 11.1. The maximum atomic E-state index is 4.47. The van der Waals surface area contributed by atoms with Gasteiger partial charge in [0, 0.05) is 10.6 Å². The molecule has 0 saturated heterocycles. The molecule has 3 nitrogen and oxygen atoms in total. The summed E-state index contributed by atoms with van der Waals surface area (Å²) in [6.45, 7) is 0. The van der Waals surface area contributed by atoms with Crippen molar-refractivity contribution in [2.75, 3.05) is 5.32 Å². The lowest BCUT2D eigenvalue weighted by Crippen LogP contribution is -2.00. The van der Waals surface area contributed by atoms with Crippen molar-refractivity contribution >= 4 is 33.1 Å². The Kier molecular flexibility index (Phi) is 2.89. The first-order valence-corrected chi connectivity index (χ1v) is 7.81. The van der Waals surface area contributed by atoms with Crippen molar-refractivity contribution in [3.63, 3.8) is 0 Å². The lowest BCUT2D eigenvalue weighted by atomic mass is 9.97. The number of rotatable bonds is 2. The lowest BCUT2D eigenvalue weighted by molar-refractivity contribution is 0.700. The van der Waals surface area contributed by atoms with Crippen LogP contribution < -0.4 is 5.32 Å². The van der Waals surface area contributed by atoms with Crippen molar-refractivity contribution < 1.29 is 0 Å². The minimum Gasteiger partial charge on any atom is -0.340 e. The van der Waals surface area contributed by atoms with E-state index >= 15 is 0 Å². The van der Waals surface area contributed by atoms with Gasteiger partial charge in [-0.2, -0.15) is 0 Å². The molecule has 2 heterocycles. The zero-order chi connectivity index (χ0) is 13.4. The second-order valence-corrected chi connectivity index (χ2v) is 6.19. The SMILES string of the molecule is c1ccc(Nc2ncnc3sc4c(c23)CCCC4)cc1. The third-order valence-electron chi connectivity index (χ3n) is 3.79. The van der Waals surface area contributed by atoms with E-state index in [2.05, 4.69) is 27.4 Å². The van der Waals surface area contributed by atoms with Crippen LogP contribution in [-0.2, 0) is 12.8 Å². The van der Waals surface area contributed by atoms with E-state index < -0.39 is 0 Å². The molecule has 1 aliphatic carbocycles. The van der Waals surface area contributed by atoms with Gasteiger partial charge in [-0.15, -0.1) is 11.3 Å². The summed E-state index contributed by atoms with van der Waals surface area (Å²) in [6.07, 6.45) is 6.59. The summed E-state index contributed by atoms with van der Waals surface area (Å²) in [6, 6.07) is 10.2. The summed E-state index contributed by atoms with van der Waals surface area (Å²) in [5, 5.41) is 4.67. The minimum atomic E-state index is 0.945. The average Bonchev–Trinajstić information content (AvgIpc) is 2.88. The quantitative estimate of drug-likeness (QED) is 0.760. The molecule has 1 aliphatic rings. The Labute approximate surface area is 121 Å². The van der Waals surface area contributed by atoms with E-state index in [4.69, 9.17) is 0 Å². The molecule has 0 bridgehead atoms. The van der Waals surface area contributed by atoms with Gasteiger partial charge in [-0.25, -0.2) is 9.97 Å². The van der Waals surface area contributed by atoms with Crippen LogP contribution >= 0.6 is 11.3 Å². The normalized spacial score (nSPS) is 14.2. The van der Waals surface area contributed by atoms with Crippen LogP contribution in [0.25, 0.3) is 10.2 Å². The van der Waals surface area contributed by atoms with Crippen LogP contribution in [0.2, 0.25) is 0 Å². The number of thiophene rings is 1. The van der Waals surface area contributed by atoms with Crippen molar-refractivity contribution in [3.05, 3.63) is 47.1 Å². The van der Waals surface area contributed by atoms with E-state index in [1.54, 1.807) is 6.33 Å². The van der Waals surface area contributed by atoms with Crippen molar-refractivity contribution in [1.29, 1.82) is 0 Å². The number of hydrogen-bond acceptors (Lipinski definition) is 4. The zero-order valence-corrected chi connectivity index (χ0v) is 11.9. The number of nitrogens with zero attached hydrogens (tertiary/aromatic N) is 2. The van der Waals surface area contributed by atoms with E-state index in [-0.39, 0.29) is 0 Å². The molecule has 100 valence electrons. The first-order valence-electron chi connectivity index (χ1n) is 6.99. The van der Waals surface area contributed by atoms with Crippen molar-refractivity contribution in [2.45, 2.75) is 25.7 Å². The van der Waals surface area contributed by atoms with Crippen molar-refractivity contribution in [3.8, 4) is 0 Å². The molecule has 0 aliphatic heterocycles. The fourth-order valence-electron chi connectivity index (χ4n) is 2.84. The Balaban J connectivity index is 1.85. The van der Waals surface area contributed by atoms with Gasteiger partial charge in [0.25, 0.3) is 0 Å². The van der Waals surface area contributed by atoms with E-state index in [9.17, 15) is 0 Å². The number of para-hydroxylation sites is 1. The Morgan fingerprint density at radius 1 is 1.00 bits per heavy atom. The van der Waals surface area contributed by atoms with Gasteiger partial charge in [-0.05, 0) is 43.4 Å². The average molecular weight is 281 g/mol. The number of anilines is 2. The molecule has 0 radical (unpaired) electrons. The first-order chi connectivity index (χ1) is 9.92. The maximum Gasteiger partial charge on any atom is 0.142 e. The highest BCUT2D eigenvalue weighted by molar-refractivity contribution is 7.19. The molecule has 1 aromatic carbocycles. The smallest absolute Gasteiger partial charge is 0.142 e. The van der Waals surface area contributed by atoms with Gasteiger partial charge >= 0.3 is 0 Å². The van der Waals surface area contributed by atoms with Crippen LogP contribution in [0.1, 0.15) is 23.3 Å². The van der Waals surface area contributed by atoms with Crippen molar-refractivity contribution in [1.82, 2.24) is 9.97 Å². The highest BCUT2D eigenvalue weighted by Gasteiger charge is 2.19. The van der Waals surface area contributed by atoms with Gasteiger partial charge in [-0.3, -0.25) is 0 Å². The Morgan fingerprint density at radius 3 is 2.75 bits per heavy atom. The molecule has 4 heteroatoms. The molecule has 2 aromatic heterocycles. The lowest BCUT2D eigenvalue weighted by Gasteiger charge is -2.12. The highest BCUT2D eigenvalue weighted by Crippen LogP contribution is 2.38. The Hall–Kier alpha value is -1.94. The van der Waals surface area contributed by atoms with Gasteiger partial charge in [0.1, 0.15) is 17.0 Å². The molecule has 0 spiro atoms. The van der Waals surface area contributed by atoms with E-state index in [0.717, 1.165) is 22.8 Å². The second-order valence-electron chi connectivity index (χ2n) is 5.10. The molecule has 4 rings (SSSR count). The third-order valence-corrected chi connectivity index (χ3v) is 4.99. The van der Waals surface area contributed by atoms with Gasteiger partial charge in [0.2, 0.25) is 0 Å². The van der Waals surface area contributed by atoms with Crippen LogP contribution in [0.15, 0.2) is 36.7 Å². The van der Waals surface area contributed by atoms with Gasteiger partial charge < -0.3 is 5.32 Å². The topological polar surface area (TPSA) is 37.8 Å². The molecule has 1 N–H and O–H groups in total. The standard InChI is InChI=1S/C16H15N3S/c1-2-6-11(7-3-1)19-15-14-12-8-4-5-9-13(12)20-16(14)18-10-17-15/h1-3,6-7,10H,4-5,8-9H2,(H,17,18,19). The minimum absolute atomic E-state index is 0.945. The number of hydrogen-bond donors (Lipinski definition) is 1. The highest BCUT2D eigenvalue weighted by atomic mass is 32.1. The molecule has 3 aromatic rings. The van der Waals surface area contributed by atoms with E-state index in [1.807, 2.05) is 29.5 Å². The number of aromatic nitrogens is 2. The number of benzene rings is 1. The molecular weight excluding hydrogens is 266 g/mol. The molecule has 0 unspecified atom stereocenters. The fourth-order valence-corrected chi connectivity index (χ4v) is 4.07. The van der Waals surface area contributed by atoms with Crippen LogP contribution in [0.5, 0.6) is 0 Å². The predicted molar refractivity (Wildman–Crippen MR) is 83.8 cm³/mol. The summed E-state index contributed by atoms with van der Waals surface area (Å²) in [4.78, 5) is 11.5. The molecule has 0 fully saturated rings. The Morgan fingerprint density at radius 2 is 1.85 bits per heavy atom. The fraction of sp³-hybridized carbons (Fsp3) is 0.250. The summed E-state index contributed by atoms with van der Waals surface area (Å²) >= 11 is 1.83. The number of fused-ring (bicyclic) bond motifs is 3. The van der Waals surface area contributed by atoms with Crippen LogP contribution in [0.4, 0.5) is 11.5 Å². The summed E-state index contributed by atoms with van der Waals surface area (Å²) in [5.41, 5.74) is 2.54. The first kappa shape index (κ1) is 11.9. The molecular formula is C16H15N3S.